The van der Waals surface area contributed by atoms with Crippen molar-refractivity contribution < 1.29 is 9.62 Å². The minimum Gasteiger partial charge on any atom is -0.445 e. The summed E-state index contributed by atoms with van der Waals surface area (Å²) in [6, 6.07) is 3.65. The van der Waals surface area contributed by atoms with Gasteiger partial charge in [0.05, 0.1) is 12.7 Å². The quantitative estimate of drug-likeness (QED) is 0.317. The molecule has 0 aliphatic carbocycles. The van der Waals surface area contributed by atoms with E-state index in [0.29, 0.717) is 24.7 Å². The van der Waals surface area contributed by atoms with Crippen molar-refractivity contribution in [3.05, 3.63) is 47.4 Å². The Morgan fingerprint density at radius 3 is 3.00 bits per heavy atom. The highest BCUT2D eigenvalue weighted by molar-refractivity contribution is 5.96. The van der Waals surface area contributed by atoms with Gasteiger partial charge in [-0.2, -0.15) is 0 Å². The number of rotatable bonds is 5. The van der Waals surface area contributed by atoms with Gasteiger partial charge in [0.25, 0.3) is 0 Å². The van der Waals surface area contributed by atoms with E-state index in [2.05, 4.69) is 20.4 Å². The number of hydrogen-bond donors (Lipinski definition) is 3. The van der Waals surface area contributed by atoms with E-state index in [9.17, 15) is 0 Å². The monoisotopic (exact) mass is 261 g/mol. The van der Waals surface area contributed by atoms with Gasteiger partial charge in [0.15, 0.2) is 5.84 Å². The van der Waals surface area contributed by atoms with Crippen LogP contribution in [0.15, 0.2) is 34.1 Å². The van der Waals surface area contributed by atoms with E-state index in [1.165, 1.54) is 0 Å². The summed E-state index contributed by atoms with van der Waals surface area (Å²) in [6.07, 6.45) is 3.26. The average molecular weight is 261 g/mol. The van der Waals surface area contributed by atoms with Crippen LogP contribution in [0, 0.1) is 6.92 Å². The van der Waals surface area contributed by atoms with Gasteiger partial charge in [-0.15, -0.1) is 0 Å². The molecule has 2 aromatic rings. The average Bonchev–Trinajstić information content (AvgIpc) is 2.84. The fraction of sp³-hybridized carbons (Fsp3) is 0.250. The Bertz CT molecular complexity index is 579. The molecule has 0 unspecified atom stereocenters. The first-order valence-corrected chi connectivity index (χ1v) is 5.74. The maximum atomic E-state index is 8.70. The van der Waals surface area contributed by atoms with Crippen LogP contribution >= 0.6 is 0 Å². The van der Waals surface area contributed by atoms with E-state index >= 15 is 0 Å². The number of nitrogens with one attached hydrogen (secondary N) is 1. The SMILES string of the molecule is Cc1cnc(CNCc2cccnc2/C(N)=N/O)o1. The van der Waals surface area contributed by atoms with Crippen LogP contribution in [-0.2, 0) is 13.1 Å². The Labute approximate surface area is 110 Å². The van der Waals surface area contributed by atoms with E-state index in [0.717, 1.165) is 11.3 Å². The molecular weight excluding hydrogens is 246 g/mol. The lowest BCUT2D eigenvalue weighted by Gasteiger charge is -2.07. The number of hydrogen-bond acceptors (Lipinski definition) is 6. The summed E-state index contributed by atoms with van der Waals surface area (Å²) < 4.78 is 5.34. The summed E-state index contributed by atoms with van der Waals surface area (Å²) in [5, 5.41) is 14.8. The second-order valence-corrected chi connectivity index (χ2v) is 3.96. The predicted octanol–water partition coefficient (Wildman–Crippen LogP) is 0.762. The first-order valence-electron chi connectivity index (χ1n) is 5.74. The highest BCUT2D eigenvalue weighted by atomic mass is 16.4. The molecule has 0 atom stereocenters. The van der Waals surface area contributed by atoms with Gasteiger partial charge in [0.1, 0.15) is 11.5 Å². The number of pyridine rings is 1. The van der Waals surface area contributed by atoms with Gasteiger partial charge in [0.2, 0.25) is 5.89 Å². The summed E-state index contributed by atoms with van der Waals surface area (Å²) in [7, 11) is 0. The molecule has 0 saturated heterocycles. The van der Waals surface area contributed by atoms with Gasteiger partial charge < -0.3 is 20.7 Å². The largest absolute Gasteiger partial charge is 0.445 e. The van der Waals surface area contributed by atoms with Crippen LogP contribution in [0.25, 0.3) is 0 Å². The summed E-state index contributed by atoms with van der Waals surface area (Å²) in [5.41, 5.74) is 6.85. The van der Waals surface area contributed by atoms with Crippen LogP contribution in [0.5, 0.6) is 0 Å². The van der Waals surface area contributed by atoms with Crippen LogP contribution in [0.1, 0.15) is 22.9 Å². The second-order valence-electron chi connectivity index (χ2n) is 3.96. The Kier molecular flexibility index (Phi) is 4.09. The highest BCUT2D eigenvalue weighted by Gasteiger charge is 2.08. The molecule has 100 valence electrons. The zero-order chi connectivity index (χ0) is 13.7. The third-order valence-corrected chi connectivity index (χ3v) is 2.50. The van der Waals surface area contributed by atoms with Gasteiger partial charge in [-0.05, 0) is 18.6 Å². The topological polar surface area (TPSA) is 110 Å². The molecular formula is C12H15N5O2. The lowest BCUT2D eigenvalue weighted by atomic mass is 10.2. The number of aryl methyl sites for hydroxylation is 1. The van der Waals surface area contributed by atoms with Crippen LogP contribution in [0.3, 0.4) is 0 Å². The van der Waals surface area contributed by atoms with Crippen LogP contribution in [-0.4, -0.2) is 21.0 Å². The van der Waals surface area contributed by atoms with Crippen LogP contribution < -0.4 is 11.1 Å². The molecule has 0 saturated carbocycles. The normalized spacial score (nSPS) is 11.7. The van der Waals surface area contributed by atoms with Crippen molar-refractivity contribution in [3.63, 3.8) is 0 Å². The smallest absolute Gasteiger partial charge is 0.208 e. The molecule has 2 aromatic heterocycles. The molecule has 0 fully saturated rings. The Morgan fingerprint density at radius 2 is 2.32 bits per heavy atom. The van der Waals surface area contributed by atoms with Crippen molar-refractivity contribution in [3.8, 4) is 0 Å². The number of amidine groups is 1. The lowest BCUT2D eigenvalue weighted by molar-refractivity contribution is 0.318. The summed E-state index contributed by atoms with van der Waals surface area (Å²) in [5.74, 6) is 1.38. The number of nitrogens with zero attached hydrogens (tertiary/aromatic N) is 3. The van der Waals surface area contributed by atoms with Gasteiger partial charge in [-0.1, -0.05) is 11.2 Å². The highest BCUT2D eigenvalue weighted by Crippen LogP contribution is 2.06. The number of aromatic nitrogens is 2. The molecule has 19 heavy (non-hydrogen) atoms. The van der Waals surface area contributed by atoms with Gasteiger partial charge in [-0.25, -0.2) is 4.98 Å². The van der Waals surface area contributed by atoms with Gasteiger partial charge in [0, 0.05) is 12.7 Å². The molecule has 0 amide bonds. The molecule has 0 aromatic carbocycles. The Hall–Kier alpha value is -2.41. The van der Waals surface area contributed by atoms with Crippen molar-refractivity contribution in [2.45, 2.75) is 20.0 Å². The molecule has 7 nitrogen and oxygen atoms in total. The van der Waals surface area contributed by atoms with E-state index < -0.39 is 0 Å². The van der Waals surface area contributed by atoms with Crippen LogP contribution in [0.4, 0.5) is 0 Å². The van der Waals surface area contributed by atoms with Crippen molar-refractivity contribution in [1.29, 1.82) is 0 Å². The third kappa shape index (κ3) is 3.29. The molecule has 4 N–H and O–H groups in total. The standard InChI is InChI=1S/C12H15N5O2/c1-8-5-16-10(19-8)7-14-6-9-3-2-4-15-11(9)12(13)17-18/h2-5,14,18H,6-7H2,1H3,(H2,13,17). The molecule has 2 rings (SSSR count). The number of oxazole rings is 1. The van der Waals surface area contributed by atoms with Crippen molar-refractivity contribution in [2.75, 3.05) is 0 Å². The Balaban J connectivity index is 2.00. The predicted molar refractivity (Wildman–Crippen MR) is 68.5 cm³/mol. The van der Waals surface area contributed by atoms with E-state index in [1.807, 2.05) is 13.0 Å². The maximum absolute atomic E-state index is 8.70. The Morgan fingerprint density at radius 1 is 1.47 bits per heavy atom. The summed E-state index contributed by atoms with van der Waals surface area (Å²) in [6.45, 7) is 2.85. The maximum Gasteiger partial charge on any atom is 0.208 e. The van der Waals surface area contributed by atoms with Gasteiger partial charge in [-0.3, -0.25) is 4.98 Å². The number of nitrogens with two attached hydrogens (primary N) is 1. The van der Waals surface area contributed by atoms with Crippen molar-refractivity contribution in [2.24, 2.45) is 10.9 Å². The van der Waals surface area contributed by atoms with Crippen molar-refractivity contribution >= 4 is 5.84 Å². The molecule has 0 radical (unpaired) electrons. The minimum absolute atomic E-state index is 0.00984. The molecule has 0 spiro atoms. The molecule has 0 aliphatic heterocycles. The van der Waals surface area contributed by atoms with E-state index in [4.69, 9.17) is 15.4 Å². The van der Waals surface area contributed by atoms with E-state index in [-0.39, 0.29) is 5.84 Å². The fourth-order valence-electron chi connectivity index (χ4n) is 1.65. The second kappa shape index (κ2) is 5.96. The summed E-state index contributed by atoms with van der Waals surface area (Å²) in [4.78, 5) is 8.17. The molecule has 2 heterocycles. The first-order chi connectivity index (χ1) is 9.20. The lowest BCUT2D eigenvalue weighted by Crippen LogP contribution is -2.21. The molecule has 0 bridgehead atoms. The zero-order valence-corrected chi connectivity index (χ0v) is 10.5. The summed E-state index contributed by atoms with van der Waals surface area (Å²) >= 11 is 0. The zero-order valence-electron chi connectivity index (χ0n) is 10.5. The minimum atomic E-state index is -0.00984. The molecule has 0 aliphatic rings. The van der Waals surface area contributed by atoms with Gasteiger partial charge >= 0.3 is 0 Å². The fourth-order valence-corrected chi connectivity index (χ4v) is 1.65. The van der Waals surface area contributed by atoms with Crippen molar-refractivity contribution in [1.82, 2.24) is 15.3 Å². The third-order valence-electron chi connectivity index (χ3n) is 2.50. The first kappa shape index (κ1) is 13.0. The number of oxime groups is 1. The van der Waals surface area contributed by atoms with E-state index in [1.54, 1.807) is 18.5 Å². The van der Waals surface area contributed by atoms with Crippen LogP contribution in [0.2, 0.25) is 0 Å². The molecule has 7 heteroatoms.